The monoisotopic (exact) mass is 309 g/mol. The van der Waals surface area contributed by atoms with Gasteiger partial charge in [-0.1, -0.05) is 6.07 Å². The molecule has 0 saturated carbocycles. The number of nitrogens with zero attached hydrogens (tertiary/aromatic N) is 1. The maximum Gasteiger partial charge on any atom is 0.636 e. The van der Waals surface area contributed by atoms with Gasteiger partial charge in [0.25, 0.3) is 0 Å². The first-order valence-electron chi connectivity index (χ1n) is 6.42. The fourth-order valence-corrected chi connectivity index (χ4v) is 2.06. The van der Waals surface area contributed by atoms with Crippen molar-refractivity contribution in [3.05, 3.63) is 29.6 Å². The summed E-state index contributed by atoms with van der Waals surface area (Å²) in [5, 5.41) is 8.76. The zero-order valence-corrected chi connectivity index (χ0v) is 11.7. The molecule has 1 saturated heterocycles. The van der Waals surface area contributed by atoms with Gasteiger partial charge in [0.2, 0.25) is 0 Å². The zero-order chi connectivity index (χ0) is 16.3. The Bertz CT molecular complexity index is 603. The summed E-state index contributed by atoms with van der Waals surface area (Å²) in [4.78, 5) is 35.4. The van der Waals surface area contributed by atoms with Gasteiger partial charge >= 0.3 is 25.0 Å². The van der Waals surface area contributed by atoms with Crippen LogP contribution >= 0.6 is 0 Å². The van der Waals surface area contributed by atoms with Crippen LogP contribution in [0.4, 0.5) is 4.39 Å². The van der Waals surface area contributed by atoms with E-state index in [0.29, 0.717) is 0 Å². The average Bonchev–Trinajstić information content (AvgIpc) is 2.34. The van der Waals surface area contributed by atoms with Crippen molar-refractivity contribution in [1.29, 1.82) is 0 Å². The molecule has 22 heavy (non-hydrogen) atoms. The van der Waals surface area contributed by atoms with E-state index in [4.69, 9.17) is 14.4 Å². The van der Waals surface area contributed by atoms with Gasteiger partial charge in [-0.25, -0.2) is 4.39 Å². The molecule has 1 fully saturated rings. The minimum atomic E-state index is -1.39. The van der Waals surface area contributed by atoms with Crippen LogP contribution in [-0.2, 0) is 30.1 Å². The highest BCUT2D eigenvalue weighted by atomic mass is 19.1. The number of carboxylic acids is 1. The van der Waals surface area contributed by atoms with Crippen molar-refractivity contribution in [3.63, 3.8) is 0 Å². The number of likely N-dealkylation sites (N-methyl/N-ethyl adjacent to an activating group) is 1. The summed E-state index contributed by atoms with van der Waals surface area (Å²) in [7, 11) is 0.160. The van der Waals surface area contributed by atoms with Gasteiger partial charge in [-0.05, 0) is 24.7 Å². The van der Waals surface area contributed by atoms with Crippen LogP contribution in [0.15, 0.2) is 18.2 Å². The molecular formula is C13H13BFNO6. The Hall–Kier alpha value is -2.42. The molecule has 0 amide bonds. The predicted molar refractivity (Wildman–Crippen MR) is 72.8 cm³/mol. The average molecular weight is 309 g/mol. The van der Waals surface area contributed by atoms with Crippen molar-refractivity contribution in [2.75, 3.05) is 20.1 Å². The third-order valence-corrected chi connectivity index (χ3v) is 2.88. The van der Waals surface area contributed by atoms with Crippen LogP contribution in [0.5, 0.6) is 0 Å². The Kier molecular flexibility index (Phi) is 4.76. The fourth-order valence-electron chi connectivity index (χ4n) is 2.06. The number of carboxylic acid groups (broad SMARTS) is 1. The van der Waals surface area contributed by atoms with Crippen LogP contribution in [0.1, 0.15) is 5.56 Å². The Balaban J connectivity index is 2.28. The summed E-state index contributed by atoms with van der Waals surface area (Å²) in [6.07, 6.45) is -0.401. The Morgan fingerprint density at radius 2 is 1.86 bits per heavy atom. The minimum absolute atomic E-state index is 0.0718. The van der Waals surface area contributed by atoms with Crippen LogP contribution in [-0.4, -0.2) is 55.2 Å². The number of carbonyl (C=O) groups is 3. The highest BCUT2D eigenvalue weighted by Gasteiger charge is 2.34. The van der Waals surface area contributed by atoms with Crippen LogP contribution in [0.2, 0.25) is 0 Å². The van der Waals surface area contributed by atoms with E-state index in [-0.39, 0.29) is 24.1 Å². The van der Waals surface area contributed by atoms with Gasteiger partial charge in [0, 0.05) is 5.46 Å². The van der Waals surface area contributed by atoms with Crippen molar-refractivity contribution in [3.8, 4) is 0 Å². The quantitative estimate of drug-likeness (QED) is 0.729. The van der Waals surface area contributed by atoms with Crippen molar-refractivity contribution < 1.29 is 33.2 Å². The van der Waals surface area contributed by atoms with Gasteiger partial charge in [-0.2, -0.15) is 0 Å². The molecule has 0 bridgehead atoms. The number of hydrogen-bond acceptors (Lipinski definition) is 6. The molecule has 0 aromatic heterocycles. The first-order chi connectivity index (χ1) is 10.3. The van der Waals surface area contributed by atoms with E-state index >= 15 is 0 Å². The lowest BCUT2D eigenvalue weighted by Crippen LogP contribution is -2.48. The second-order valence-corrected chi connectivity index (χ2v) is 4.95. The maximum absolute atomic E-state index is 13.6. The third kappa shape index (κ3) is 4.29. The SMILES string of the molecule is CN1CC(=O)OB(c2cc(F)cc(CC(=O)O)c2)OC(=O)C1. The topological polar surface area (TPSA) is 93.1 Å². The molecule has 1 N–H and O–H groups in total. The molecule has 1 heterocycles. The molecule has 0 unspecified atom stereocenters. The van der Waals surface area contributed by atoms with Gasteiger partial charge in [0.05, 0.1) is 19.5 Å². The molecular weight excluding hydrogens is 296 g/mol. The van der Waals surface area contributed by atoms with Crippen LogP contribution in [0, 0.1) is 5.82 Å². The van der Waals surface area contributed by atoms with Crippen LogP contribution in [0.3, 0.4) is 0 Å². The van der Waals surface area contributed by atoms with E-state index in [0.717, 1.165) is 12.1 Å². The smallest absolute Gasteiger partial charge is 0.494 e. The number of rotatable bonds is 3. The summed E-state index contributed by atoms with van der Waals surface area (Å²) in [6.45, 7) is -0.216. The molecule has 0 aliphatic carbocycles. The highest BCUT2D eigenvalue weighted by Crippen LogP contribution is 2.07. The van der Waals surface area contributed by atoms with Crippen molar-refractivity contribution in [1.82, 2.24) is 4.90 Å². The van der Waals surface area contributed by atoms with E-state index in [1.807, 2.05) is 0 Å². The molecule has 0 spiro atoms. The summed E-state index contributed by atoms with van der Waals surface area (Å²) in [5.74, 6) is -3.11. The summed E-state index contributed by atoms with van der Waals surface area (Å²) < 4.78 is 23.6. The first kappa shape index (κ1) is 16.0. The highest BCUT2D eigenvalue weighted by molar-refractivity contribution is 6.64. The van der Waals surface area contributed by atoms with Crippen molar-refractivity contribution in [2.45, 2.75) is 6.42 Å². The number of halogens is 1. The fraction of sp³-hybridized carbons (Fsp3) is 0.308. The zero-order valence-electron chi connectivity index (χ0n) is 11.7. The number of benzene rings is 1. The lowest BCUT2D eigenvalue weighted by molar-refractivity contribution is -0.145. The van der Waals surface area contributed by atoms with E-state index < -0.39 is 37.3 Å². The predicted octanol–water partition coefficient (Wildman–Crippen LogP) is -0.820. The van der Waals surface area contributed by atoms with Crippen molar-refractivity contribution >= 4 is 30.5 Å². The largest absolute Gasteiger partial charge is 0.636 e. The van der Waals surface area contributed by atoms with E-state index in [1.54, 1.807) is 7.05 Å². The van der Waals surface area contributed by atoms with Gasteiger partial charge in [0.15, 0.2) is 0 Å². The lowest BCUT2D eigenvalue weighted by atomic mass is 9.77. The van der Waals surface area contributed by atoms with Gasteiger partial charge in [0.1, 0.15) is 5.82 Å². The van der Waals surface area contributed by atoms with E-state index in [1.165, 1.54) is 11.0 Å². The number of hydrogen-bond donors (Lipinski definition) is 1. The molecule has 9 heteroatoms. The van der Waals surface area contributed by atoms with E-state index in [9.17, 15) is 18.8 Å². The minimum Gasteiger partial charge on any atom is -0.494 e. The van der Waals surface area contributed by atoms with Crippen molar-refractivity contribution in [2.24, 2.45) is 0 Å². The summed E-state index contributed by atoms with van der Waals surface area (Å²) in [5.41, 5.74) is 0.247. The third-order valence-electron chi connectivity index (χ3n) is 2.88. The molecule has 1 aromatic carbocycles. The second kappa shape index (κ2) is 6.57. The number of carbonyl (C=O) groups excluding carboxylic acids is 2. The van der Waals surface area contributed by atoms with Gasteiger partial charge in [-0.15, -0.1) is 0 Å². The molecule has 116 valence electrons. The standard InChI is InChI=1S/C13H13BFNO6/c1-16-6-12(19)21-14(22-13(20)7-16)9-2-8(4-11(17)18)3-10(15)5-9/h2-3,5H,4,6-7H2,1H3,(H,17,18). The summed E-state index contributed by atoms with van der Waals surface area (Å²) in [6, 6.07) is 3.41. The maximum atomic E-state index is 13.6. The number of aliphatic carboxylic acids is 1. The van der Waals surface area contributed by atoms with Gasteiger partial charge < -0.3 is 14.4 Å². The second-order valence-electron chi connectivity index (χ2n) is 4.95. The molecule has 1 aliphatic heterocycles. The Morgan fingerprint density at radius 3 is 2.41 bits per heavy atom. The molecule has 1 aliphatic rings. The first-order valence-corrected chi connectivity index (χ1v) is 6.42. The normalized spacial score (nSPS) is 16.5. The summed E-state index contributed by atoms with van der Waals surface area (Å²) >= 11 is 0. The molecule has 7 nitrogen and oxygen atoms in total. The Morgan fingerprint density at radius 1 is 1.27 bits per heavy atom. The molecule has 0 radical (unpaired) electrons. The van der Waals surface area contributed by atoms with Gasteiger partial charge in [-0.3, -0.25) is 19.3 Å². The van der Waals surface area contributed by atoms with Crippen LogP contribution in [0.25, 0.3) is 0 Å². The lowest BCUT2D eigenvalue weighted by Gasteiger charge is -2.22. The molecule has 1 aromatic rings. The molecule has 2 rings (SSSR count). The Labute approximate surface area is 125 Å². The van der Waals surface area contributed by atoms with E-state index in [2.05, 4.69) is 0 Å². The van der Waals surface area contributed by atoms with Crippen LogP contribution < -0.4 is 5.46 Å². The molecule has 0 atom stereocenters.